The Morgan fingerprint density at radius 2 is 1.75 bits per heavy atom. The van der Waals surface area contributed by atoms with Gasteiger partial charge >= 0.3 is 0 Å². The molecule has 0 bridgehead atoms. The maximum atomic E-state index is 13.2. The average Bonchev–Trinajstić information content (AvgIpc) is 2.61. The predicted octanol–water partition coefficient (Wildman–Crippen LogP) is 3.90. The molecule has 0 radical (unpaired) electrons. The van der Waals surface area contributed by atoms with E-state index in [1.807, 2.05) is 0 Å². The number of benzene rings is 2. The zero-order valence-electron chi connectivity index (χ0n) is 13.3. The molecule has 1 aliphatic rings. The van der Waals surface area contributed by atoms with Crippen molar-refractivity contribution in [3.63, 3.8) is 0 Å². The van der Waals surface area contributed by atoms with Gasteiger partial charge in [-0.15, -0.1) is 0 Å². The third-order valence-electron chi connectivity index (χ3n) is 4.27. The highest BCUT2D eigenvalue weighted by Gasteiger charge is 2.24. The van der Waals surface area contributed by atoms with Gasteiger partial charge in [-0.2, -0.15) is 0 Å². The van der Waals surface area contributed by atoms with Gasteiger partial charge in [-0.1, -0.05) is 6.07 Å². The summed E-state index contributed by atoms with van der Waals surface area (Å²) < 4.78 is 31.8. The maximum Gasteiger partial charge on any atom is 0.253 e. The second-order valence-corrected chi connectivity index (χ2v) is 6.01. The summed E-state index contributed by atoms with van der Waals surface area (Å²) >= 11 is 0. The number of hydrogen-bond donors (Lipinski definition) is 0. The van der Waals surface area contributed by atoms with E-state index in [9.17, 15) is 13.6 Å². The number of piperidine rings is 1. The first-order valence-electron chi connectivity index (χ1n) is 8.05. The molecule has 1 amide bonds. The predicted molar refractivity (Wildman–Crippen MR) is 86.9 cm³/mol. The van der Waals surface area contributed by atoms with Gasteiger partial charge in [0, 0.05) is 18.7 Å². The molecule has 2 aromatic carbocycles. The lowest BCUT2D eigenvalue weighted by Crippen LogP contribution is -2.39. The van der Waals surface area contributed by atoms with Gasteiger partial charge in [0.1, 0.15) is 17.4 Å². The Morgan fingerprint density at radius 1 is 1.04 bits per heavy atom. The summed E-state index contributed by atoms with van der Waals surface area (Å²) in [6.07, 6.45) is 1.67. The molecule has 0 N–H and O–H groups in total. The van der Waals surface area contributed by atoms with Crippen molar-refractivity contribution in [3.05, 3.63) is 65.7 Å². The standard InChI is InChI=1S/C19H19F2NO2/c20-16-4-6-18(7-5-16)24-13-14-8-10-22(11-9-14)19(23)15-2-1-3-17(21)12-15/h1-7,12,14H,8-11,13H2. The molecule has 1 saturated heterocycles. The Balaban J connectivity index is 1.48. The molecule has 126 valence electrons. The second-order valence-electron chi connectivity index (χ2n) is 6.01. The number of ether oxygens (including phenoxy) is 1. The van der Waals surface area contributed by atoms with Crippen molar-refractivity contribution in [2.75, 3.05) is 19.7 Å². The van der Waals surface area contributed by atoms with Crippen LogP contribution in [0.2, 0.25) is 0 Å². The van der Waals surface area contributed by atoms with E-state index in [-0.39, 0.29) is 11.7 Å². The molecule has 1 heterocycles. The Labute approximate surface area is 139 Å². The number of carbonyl (C=O) groups excluding carboxylic acids is 1. The lowest BCUT2D eigenvalue weighted by molar-refractivity contribution is 0.0660. The first kappa shape index (κ1) is 16.4. The van der Waals surface area contributed by atoms with Crippen LogP contribution in [0.1, 0.15) is 23.2 Å². The molecule has 3 rings (SSSR count). The summed E-state index contributed by atoms with van der Waals surface area (Å²) in [6.45, 7) is 1.81. The van der Waals surface area contributed by atoms with E-state index in [1.54, 1.807) is 29.2 Å². The van der Waals surface area contributed by atoms with Crippen LogP contribution in [0.15, 0.2) is 48.5 Å². The van der Waals surface area contributed by atoms with Gasteiger partial charge < -0.3 is 9.64 Å². The van der Waals surface area contributed by atoms with Crippen LogP contribution in [0.3, 0.4) is 0 Å². The zero-order valence-corrected chi connectivity index (χ0v) is 13.3. The van der Waals surface area contributed by atoms with Gasteiger partial charge in [0.25, 0.3) is 5.91 Å². The molecule has 3 nitrogen and oxygen atoms in total. The van der Waals surface area contributed by atoms with Crippen molar-refractivity contribution < 1.29 is 18.3 Å². The van der Waals surface area contributed by atoms with E-state index < -0.39 is 5.82 Å². The Hall–Kier alpha value is -2.43. The summed E-state index contributed by atoms with van der Waals surface area (Å²) in [5, 5.41) is 0. The Bertz CT molecular complexity index is 695. The lowest BCUT2D eigenvalue weighted by Gasteiger charge is -2.32. The highest BCUT2D eigenvalue weighted by atomic mass is 19.1. The van der Waals surface area contributed by atoms with E-state index in [1.165, 1.54) is 24.3 Å². The van der Waals surface area contributed by atoms with Crippen molar-refractivity contribution in [1.29, 1.82) is 0 Å². The van der Waals surface area contributed by atoms with Crippen LogP contribution in [0.5, 0.6) is 5.75 Å². The minimum atomic E-state index is -0.400. The minimum absolute atomic E-state index is 0.132. The summed E-state index contributed by atoms with van der Waals surface area (Å²) in [4.78, 5) is 14.1. The van der Waals surface area contributed by atoms with Crippen molar-refractivity contribution >= 4 is 5.91 Å². The second kappa shape index (κ2) is 7.43. The molecular weight excluding hydrogens is 312 g/mol. The summed E-state index contributed by atoms with van der Waals surface area (Å²) in [6, 6.07) is 11.7. The van der Waals surface area contributed by atoms with Gasteiger partial charge in [0.15, 0.2) is 0 Å². The van der Waals surface area contributed by atoms with Gasteiger partial charge in [-0.05, 0) is 61.2 Å². The van der Waals surface area contributed by atoms with Gasteiger partial charge in [-0.25, -0.2) is 8.78 Å². The third-order valence-corrected chi connectivity index (χ3v) is 4.27. The largest absolute Gasteiger partial charge is 0.493 e. The molecule has 0 saturated carbocycles. The van der Waals surface area contributed by atoms with E-state index in [0.717, 1.165) is 12.8 Å². The van der Waals surface area contributed by atoms with Crippen LogP contribution in [0, 0.1) is 17.6 Å². The van der Waals surface area contributed by atoms with Gasteiger partial charge in [-0.3, -0.25) is 4.79 Å². The number of carbonyl (C=O) groups is 1. The molecule has 0 spiro atoms. The fraction of sp³-hybridized carbons (Fsp3) is 0.316. The molecular formula is C19H19F2NO2. The highest BCUT2D eigenvalue weighted by Crippen LogP contribution is 2.21. The monoisotopic (exact) mass is 331 g/mol. The van der Waals surface area contributed by atoms with Crippen molar-refractivity contribution in [3.8, 4) is 5.75 Å². The molecule has 0 unspecified atom stereocenters. The molecule has 2 aromatic rings. The number of amides is 1. The SMILES string of the molecule is O=C(c1cccc(F)c1)N1CCC(COc2ccc(F)cc2)CC1. The number of hydrogen-bond acceptors (Lipinski definition) is 2. The van der Waals surface area contributed by atoms with Gasteiger partial charge in [0.2, 0.25) is 0 Å². The molecule has 1 aliphatic heterocycles. The Morgan fingerprint density at radius 3 is 2.42 bits per heavy atom. The number of rotatable bonds is 4. The topological polar surface area (TPSA) is 29.5 Å². The normalized spacial score (nSPS) is 15.3. The summed E-state index contributed by atoms with van der Waals surface area (Å²) in [7, 11) is 0. The van der Waals surface area contributed by atoms with E-state index >= 15 is 0 Å². The van der Waals surface area contributed by atoms with Gasteiger partial charge in [0.05, 0.1) is 6.61 Å². The molecule has 0 aliphatic carbocycles. The Kier molecular flexibility index (Phi) is 5.08. The van der Waals surface area contributed by atoms with E-state index in [2.05, 4.69) is 0 Å². The van der Waals surface area contributed by atoms with E-state index in [0.29, 0.717) is 36.9 Å². The van der Waals surface area contributed by atoms with Crippen LogP contribution in [-0.4, -0.2) is 30.5 Å². The van der Waals surface area contributed by atoms with Crippen molar-refractivity contribution in [2.24, 2.45) is 5.92 Å². The van der Waals surface area contributed by atoms with E-state index in [4.69, 9.17) is 4.74 Å². The van der Waals surface area contributed by atoms with Crippen LogP contribution in [0.4, 0.5) is 8.78 Å². The molecule has 24 heavy (non-hydrogen) atoms. The molecule has 0 atom stereocenters. The average molecular weight is 331 g/mol. The minimum Gasteiger partial charge on any atom is -0.493 e. The number of nitrogens with zero attached hydrogens (tertiary/aromatic N) is 1. The first-order valence-corrected chi connectivity index (χ1v) is 8.05. The van der Waals surface area contributed by atoms with Crippen LogP contribution < -0.4 is 4.74 Å². The van der Waals surface area contributed by atoms with Crippen LogP contribution >= 0.6 is 0 Å². The van der Waals surface area contributed by atoms with Crippen molar-refractivity contribution in [2.45, 2.75) is 12.8 Å². The quantitative estimate of drug-likeness (QED) is 0.850. The fourth-order valence-electron chi connectivity index (χ4n) is 2.85. The zero-order chi connectivity index (χ0) is 16.9. The highest BCUT2D eigenvalue weighted by molar-refractivity contribution is 5.94. The first-order chi connectivity index (χ1) is 11.6. The molecule has 1 fully saturated rings. The van der Waals surface area contributed by atoms with Crippen LogP contribution in [-0.2, 0) is 0 Å². The number of halogens is 2. The van der Waals surface area contributed by atoms with Crippen molar-refractivity contribution in [1.82, 2.24) is 4.90 Å². The summed E-state index contributed by atoms with van der Waals surface area (Å²) in [5.74, 6) is 0.184. The van der Waals surface area contributed by atoms with Crippen LogP contribution in [0.25, 0.3) is 0 Å². The maximum absolute atomic E-state index is 13.2. The smallest absolute Gasteiger partial charge is 0.253 e. The fourth-order valence-corrected chi connectivity index (χ4v) is 2.85. The molecule has 5 heteroatoms. The molecule has 0 aromatic heterocycles. The third kappa shape index (κ3) is 4.10. The lowest BCUT2D eigenvalue weighted by atomic mass is 9.97. The summed E-state index contributed by atoms with van der Waals surface area (Å²) in [5.41, 5.74) is 0.385. The number of likely N-dealkylation sites (tertiary alicyclic amines) is 1.